The summed E-state index contributed by atoms with van der Waals surface area (Å²) in [4.78, 5) is 23.5. The van der Waals surface area contributed by atoms with Crippen LogP contribution in [0.2, 0.25) is 10.0 Å². The third kappa shape index (κ3) is 2.73. The molecule has 0 radical (unpaired) electrons. The topological polar surface area (TPSA) is 58.2 Å². The van der Waals surface area contributed by atoms with Crippen molar-refractivity contribution in [1.82, 2.24) is 0 Å². The Hall–Kier alpha value is -2.04. The lowest BCUT2D eigenvalue weighted by molar-refractivity contribution is -0.115. The highest BCUT2D eigenvalue weighted by Crippen LogP contribution is 2.28. The van der Waals surface area contributed by atoms with Crippen LogP contribution in [0.4, 0.5) is 11.4 Å². The van der Waals surface area contributed by atoms with Crippen LogP contribution in [-0.4, -0.2) is 11.8 Å². The monoisotopic (exact) mass is 320 g/mol. The van der Waals surface area contributed by atoms with Gasteiger partial charge in [-0.1, -0.05) is 29.3 Å². The molecule has 0 aliphatic carbocycles. The third-order valence-electron chi connectivity index (χ3n) is 3.18. The lowest BCUT2D eigenvalue weighted by Gasteiger charge is -2.09. The van der Waals surface area contributed by atoms with Crippen molar-refractivity contribution < 1.29 is 9.59 Å². The minimum atomic E-state index is -0.347. The maximum absolute atomic E-state index is 12.2. The van der Waals surface area contributed by atoms with E-state index in [1.54, 1.807) is 36.4 Å². The Balaban J connectivity index is 1.84. The van der Waals surface area contributed by atoms with E-state index < -0.39 is 0 Å². The maximum Gasteiger partial charge on any atom is 0.257 e. The molecular formula is C15H10Cl2N2O2. The fourth-order valence-electron chi connectivity index (χ4n) is 2.18. The molecule has 2 N–H and O–H groups in total. The number of benzene rings is 2. The zero-order chi connectivity index (χ0) is 15.0. The first-order chi connectivity index (χ1) is 10.0. The van der Waals surface area contributed by atoms with E-state index in [-0.39, 0.29) is 16.8 Å². The summed E-state index contributed by atoms with van der Waals surface area (Å²) in [6, 6.07) is 10.1. The summed E-state index contributed by atoms with van der Waals surface area (Å²) in [5, 5.41) is 6.03. The highest BCUT2D eigenvalue weighted by molar-refractivity contribution is 6.44. The summed E-state index contributed by atoms with van der Waals surface area (Å²) in [6.45, 7) is 0. The molecule has 0 atom stereocenters. The molecule has 2 aromatic carbocycles. The summed E-state index contributed by atoms with van der Waals surface area (Å²) >= 11 is 11.9. The number of hydrogen-bond acceptors (Lipinski definition) is 2. The van der Waals surface area contributed by atoms with Gasteiger partial charge in [-0.3, -0.25) is 9.59 Å². The van der Waals surface area contributed by atoms with Gasteiger partial charge < -0.3 is 10.6 Å². The Bertz CT molecular complexity index is 759. The fraction of sp³-hybridized carbons (Fsp3) is 0.0667. The standard InChI is InChI=1S/C15H10Cl2N2O2/c16-11-3-1-2-10(14(11)17)15(21)18-9-4-5-12-8(6-9)7-13(20)19-12/h1-6H,7H2,(H,18,21)(H,19,20). The van der Waals surface area contributed by atoms with Crippen LogP contribution in [0.1, 0.15) is 15.9 Å². The van der Waals surface area contributed by atoms with Crippen LogP contribution in [0.3, 0.4) is 0 Å². The number of halogens is 2. The van der Waals surface area contributed by atoms with Gasteiger partial charge in [0, 0.05) is 11.4 Å². The summed E-state index contributed by atoms with van der Waals surface area (Å²) in [5.41, 5.74) is 2.54. The average Bonchev–Trinajstić information content (AvgIpc) is 2.81. The molecule has 106 valence electrons. The number of anilines is 2. The molecule has 0 unspecified atom stereocenters. The predicted molar refractivity (Wildman–Crippen MR) is 83.2 cm³/mol. The molecule has 21 heavy (non-hydrogen) atoms. The number of carbonyl (C=O) groups is 2. The number of amides is 2. The van der Waals surface area contributed by atoms with Gasteiger partial charge in [-0.05, 0) is 35.9 Å². The van der Waals surface area contributed by atoms with Gasteiger partial charge in [0.2, 0.25) is 5.91 Å². The molecule has 0 saturated heterocycles. The largest absolute Gasteiger partial charge is 0.326 e. The first kappa shape index (κ1) is 13.9. The van der Waals surface area contributed by atoms with Crippen LogP contribution < -0.4 is 10.6 Å². The molecule has 1 heterocycles. The number of rotatable bonds is 2. The fourth-order valence-corrected chi connectivity index (χ4v) is 2.57. The van der Waals surface area contributed by atoms with E-state index in [0.29, 0.717) is 22.7 Å². The molecule has 0 spiro atoms. The molecular weight excluding hydrogens is 311 g/mol. The van der Waals surface area contributed by atoms with Gasteiger partial charge >= 0.3 is 0 Å². The van der Waals surface area contributed by atoms with Gasteiger partial charge in [-0.2, -0.15) is 0 Å². The lowest BCUT2D eigenvalue weighted by atomic mass is 10.1. The van der Waals surface area contributed by atoms with Crippen molar-refractivity contribution in [3.05, 3.63) is 57.6 Å². The Morgan fingerprint density at radius 3 is 2.81 bits per heavy atom. The number of nitrogens with one attached hydrogen (secondary N) is 2. The van der Waals surface area contributed by atoms with Gasteiger partial charge in [-0.15, -0.1) is 0 Å². The molecule has 0 aromatic heterocycles. The summed E-state index contributed by atoms with van der Waals surface area (Å²) < 4.78 is 0. The highest BCUT2D eigenvalue weighted by atomic mass is 35.5. The van der Waals surface area contributed by atoms with Crippen molar-refractivity contribution in [2.24, 2.45) is 0 Å². The van der Waals surface area contributed by atoms with Crippen LogP contribution in [0.15, 0.2) is 36.4 Å². The van der Waals surface area contributed by atoms with Crippen molar-refractivity contribution in [2.45, 2.75) is 6.42 Å². The molecule has 4 nitrogen and oxygen atoms in total. The van der Waals surface area contributed by atoms with E-state index in [9.17, 15) is 9.59 Å². The van der Waals surface area contributed by atoms with Crippen molar-refractivity contribution in [1.29, 1.82) is 0 Å². The van der Waals surface area contributed by atoms with Gasteiger partial charge in [0.05, 0.1) is 22.0 Å². The summed E-state index contributed by atoms with van der Waals surface area (Å²) in [7, 11) is 0. The Morgan fingerprint density at radius 1 is 1.19 bits per heavy atom. The van der Waals surface area contributed by atoms with Crippen LogP contribution in [-0.2, 0) is 11.2 Å². The van der Waals surface area contributed by atoms with Gasteiger partial charge in [-0.25, -0.2) is 0 Å². The quantitative estimate of drug-likeness (QED) is 0.885. The van der Waals surface area contributed by atoms with Crippen LogP contribution in [0, 0.1) is 0 Å². The van der Waals surface area contributed by atoms with Crippen LogP contribution in [0.25, 0.3) is 0 Å². The second kappa shape index (κ2) is 5.39. The van der Waals surface area contributed by atoms with Crippen molar-refractivity contribution >= 4 is 46.4 Å². The van der Waals surface area contributed by atoms with Gasteiger partial charge in [0.15, 0.2) is 0 Å². The zero-order valence-corrected chi connectivity index (χ0v) is 12.3. The smallest absolute Gasteiger partial charge is 0.257 e. The Labute approximate surface area is 131 Å². The van der Waals surface area contributed by atoms with Crippen molar-refractivity contribution in [3.8, 4) is 0 Å². The van der Waals surface area contributed by atoms with Gasteiger partial charge in [0.1, 0.15) is 0 Å². The minimum Gasteiger partial charge on any atom is -0.326 e. The molecule has 1 aliphatic rings. The SMILES string of the molecule is O=C1Cc2cc(NC(=O)c3cccc(Cl)c3Cl)ccc2N1. The molecule has 2 aromatic rings. The van der Waals surface area contributed by atoms with E-state index >= 15 is 0 Å². The van der Waals surface area contributed by atoms with Crippen LogP contribution in [0.5, 0.6) is 0 Å². The van der Waals surface area contributed by atoms with E-state index in [1.807, 2.05) is 0 Å². The molecule has 0 fully saturated rings. The summed E-state index contributed by atoms with van der Waals surface area (Å²) in [5.74, 6) is -0.397. The molecule has 1 aliphatic heterocycles. The number of hydrogen-bond donors (Lipinski definition) is 2. The molecule has 2 amide bonds. The lowest BCUT2D eigenvalue weighted by Crippen LogP contribution is -2.12. The van der Waals surface area contributed by atoms with E-state index in [0.717, 1.165) is 11.3 Å². The van der Waals surface area contributed by atoms with E-state index in [1.165, 1.54) is 0 Å². The Morgan fingerprint density at radius 2 is 2.00 bits per heavy atom. The maximum atomic E-state index is 12.2. The third-order valence-corrected chi connectivity index (χ3v) is 4.00. The molecule has 0 bridgehead atoms. The average molecular weight is 321 g/mol. The van der Waals surface area contributed by atoms with E-state index in [2.05, 4.69) is 10.6 Å². The first-order valence-electron chi connectivity index (χ1n) is 6.23. The van der Waals surface area contributed by atoms with E-state index in [4.69, 9.17) is 23.2 Å². The normalized spacial score (nSPS) is 12.8. The minimum absolute atomic E-state index is 0.0497. The second-order valence-corrected chi connectivity index (χ2v) is 5.44. The zero-order valence-electron chi connectivity index (χ0n) is 10.7. The first-order valence-corrected chi connectivity index (χ1v) is 6.98. The predicted octanol–water partition coefficient (Wildman–Crippen LogP) is 3.74. The summed E-state index contributed by atoms with van der Waals surface area (Å²) in [6.07, 6.45) is 0.316. The molecule has 6 heteroatoms. The van der Waals surface area contributed by atoms with Crippen molar-refractivity contribution in [3.63, 3.8) is 0 Å². The van der Waals surface area contributed by atoms with Crippen LogP contribution >= 0.6 is 23.2 Å². The van der Waals surface area contributed by atoms with Crippen molar-refractivity contribution in [2.75, 3.05) is 10.6 Å². The Kier molecular flexibility index (Phi) is 3.57. The molecule has 0 saturated carbocycles. The molecule has 3 rings (SSSR count). The van der Waals surface area contributed by atoms with Gasteiger partial charge in [0.25, 0.3) is 5.91 Å². The second-order valence-electron chi connectivity index (χ2n) is 4.65. The highest BCUT2D eigenvalue weighted by Gasteiger charge is 2.18. The number of fused-ring (bicyclic) bond motifs is 1. The number of carbonyl (C=O) groups excluding carboxylic acids is 2.